The lowest BCUT2D eigenvalue weighted by Crippen LogP contribution is -2.39. The number of rotatable bonds is 8. The van der Waals surface area contributed by atoms with Crippen LogP contribution in [-0.2, 0) is 4.74 Å². The van der Waals surface area contributed by atoms with E-state index in [1.807, 2.05) is 13.8 Å². The molecular formula is C14H25N5O2. The summed E-state index contributed by atoms with van der Waals surface area (Å²) in [4.78, 5) is 20.9. The van der Waals surface area contributed by atoms with E-state index in [1.165, 1.54) is 6.20 Å². The lowest BCUT2D eigenvalue weighted by atomic mass is 10.1. The Hall–Kier alpha value is -1.73. The summed E-state index contributed by atoms with van der Waals surface area (Å²) in [6, 6.07) is -0.0458. The van der Waals surface area contributed by atoms with Crippen LogP contribution in [-0.4, -0.2) is 35.6 Å². The molecule has 0 fully saturated rings. The summed E-state index contributed by atoms with van der Waals surface area (Å²) in [7, 11) is 1.61. The second-order valence-electron chi connectivity index (χ2n) is 5.20. The summed E-state index contributed by atoms with van der Waals surface area (Å²) < 4.78 is 5.12. The lowest BCUT2D eigenvalue weighted by molar-refractivity contribution is 0.0887. The number of methoxy groups -OCH3 is 1. The molecule has 0 aromatic carbocycles. The summed E-state index contributed by atoms with van der Waals surface area (Å²) in [5.41, 5.74) is 3.13. The van der Waals surface area contributed by atoms with Crippen molar-refractivity contribution in [1.29, 1.82) is 0 Å². The Bertz CT molecular complexity index is 459. The third-order valence-corrected chi connectivity index (χ3v) is 3.03. The summed E-state index contributed by atoms with van der Waals surface area (Å²) >= 11 is 0. The highest BCUT2D eigenvalue weighted by atomic mass is 16.5. The van der Waals surface area contributed by atoms with Gasteiger partial charge >= 0.3 is 0 Å². The van der Waals surface area contributed by atoms with Gasteiger partial charge in [-0.1, -0.05) is 27.2 Å². The van der Waals surface area contributed by atoms with Crippen molar-refractivity contribution >= 4 is 11.6 Å². The van der Waals surface area contributed by atoms with Crippen molar-refractivity contribution in [2.75, 3.05) is 19.1 Å². The molecule has 1 aromatic rings. The van der Waals surface area contributed by atoms with Crippen LogP contribution in [0.25, 0.3) is 0 Å². The predicted molar refractivity (Wildman–Crippen MR) is 82.0 cm³/mol. The minimum atomic E-state index is -0.275. The van der Waals surface area contributed by atoms with Gasteiger partial charge in [0, 0.05) is 13.0 Å². The maximum absolute atomic E-state index is 12.4. The number of hydrogen-bond acceptors (Lipinski definition) is 6. The number of aromatic nitrogens is 2. The quantitative estimate of drug-likeness (QED) is 0.495. The summed E-state index contributed by atoms with van der Waals surface area (Å²) in [6.45, 7) is 6.46. The molecule has 7 nitrogen and oxygen atoms in total. The van der Waals surface area contributed by atoms with E-state index in [9.17, 15) is 4.79 Å². The van der Waals surface area contributed by atoms with Gasteiger partial charge in [0.2, 0.25) is 0 Å². The Morgan fingerprint density at radius 1 is 1.48 bits per heavy atom. The molecule has 7 heteroatoms. The van der Waals surface area contributed by atoms with Gasteiger partial charge in [-0.3, -0.25) is 10.6 Å². The molecule has 0 radical (unpaired) electrons. The molecule has 0 aliphatic heterocycles. The second-order valence-corrected chi connectivity index (χ2v) is 5.20. The van der Waals surface area contributed by atoms with Crippen LogP contribution in [0.15, 0.2) is 6.20 Å². The van der Waals surface area contributed by atoms with Gasteiger partial charge in [-0.2, -0.15) is 0 Å². The van der Waals surface area contributed by atoms with Crippen molar-refractivity contribution in [3.63, 3.8) is 0 Å². The zero-order chi connectivity index (χ0) is 15.8. The van der Waals surface area contributed by atoms with Crippen LogP contribution >= 0.6 is 0 Å². The largest absolute Gasteiger partial charge is 0.383 e. The maximum atomic E-state index is 12.4. The number of nitrogens with two attached hydrogens (primary N) is 1. The summed E-state index contributed by atoms with van der Waals surface area (Å²) in [5, 5.41) is 2.93. The summed E-state index contributed by atoms with van der Waals surface area (Å²) in [6.07, 6.45) is 3.33. The Labute approximate surface area is 125 Å². The molecule has 1 atom stereocenters. The standard InChI is InChI=1S/C14H25N5O2/c1-5-6-10(8-21-4)17-14(20)12-11(19-15)7-16-13(18-12)9(2)3/h7,9-10,19H,5-6,8,15H2,1-4H3,(H,17,20). The lowest BCUT2D eigenvalue weighted by Gasteiger charge is -2.18. The fourth-order valence-corrected chi connectivity index (χ4v) is 1.95. The number of hydrogen-bond donors (Lipinski definition) is 3. The maximum Gasteiger partial charge on any atom is 0.272 e. The van der Waals surface area contributed by atoms with Gasteiger partial charge in [0.1, 0.15) is 5.82 Å². The van der Waals surface area contributed by atoms with Crippen LogP contribution in [0.3, 0.4) is 0 Å². The molecule has 4 N–H and O–H groups in total. The fraction of sp³-hybridized carbons (Fsp3) is 0.643. The number of nitrogen functional groups attached to an aromatic ring is 1. The third-order valence-electron chi connectivity index (χ3n) is 3.03. The van der Waals surface area contributed by atoms with E-state index >= 15 is 0 Å². The van der Waals surface area contributed by atoms with Crippen molar-refractivity contribution in [3.05, 3.63) is 17.7 Å². The SMILES string of the molecule is CCCC(COC)NC(=O)c1nc(C(C)C)ncc1NN. The van der Waals surface area contributed by atoms with E-state index in [4.69, 9.17) is 10.6 Å². The zero-order valence-electron chi connectivity index (χ0n) is 13.1. The monoisotopic (exact) mass is 295 g/mol. The Morgan fingerprint density at radius 2 is 2.19 bits per heavy atom. The third kappa shape index (κ3) is 4.95. The molecular weight excluding hydrogens is 270 g/mol. The number of hydrazine groups is 1. The fourth-order valence-electron chi connectivity index (χ4n) is 1.95. The molecule has 1 heterocycles. The smallest absolute Gasteiger partial charge is 0.272 e. The van der Waals surface area contributed by atoms with E-state index < -0.39 is 0 Å². The van der Waals surface area contributed by atoms with Crippen molar-refractivity contribution < 1.29 is 9.53 Å². The number of nitrogens with one attached hydrogen (secondary N) is 2. The highest BCUT2D eigenvalue weighted by molar-refractivity contribution is 5.97. The Balaban J connectivity index is 2.95. The van der Waals surface area contributed by atoms with Gasteiger partial charge in [-0.05, 0) is 6.42 Å². The Morgan fingerprint density at radius 3 is 2.71 bits per heavy atom. The van der Waals surface area contributed by atoms with E-state index in [1.54, 1.807) is 7.11 Å². The average molecular weight is 295 g/mol. The molecule has 0 aliphatic carbocycles. The molecule has 1 unspecified atom stereocenters. The molecule has 1 aromatic heterocycles. The van der Waals surface area contributed by atoms with E-state index in [0.717, 1.165) is 12.8 Å². The molecule has 0 saturated heterocycles. The minimum Gasteiger partial charge on any atom is -0.383 e. The van der Waals surface area contributed by atoms with Gasteiger partial charge in [-0.25, -0.2) is 9.97 Å². The second kappa shape index (κ2) is 8.53. The number of carbonyl (C=O) groups excluding carboxylic acids is 1. The van der Waals surface area contributed by atoms with Crippen molar-refractivity contribution in [2.24, 2.45) is 5.84 Å². The number of anilines is 1. The van der Waals surface area contributed by atoms with Crippen molar-refractivity contribution in [3.8, 4) is 0 Å². The summed E-state index contributed by atoms with van der Waals surface area (Å²) in [5.74, 6) is 5.90. The van der Waals surface area contributed by atoms with Crippen LogP contribution in [0, 0.1) is 0 Å². The first kappa shape index (κ1) is 17.3. The topological polar surface area (TPSA) is 102 Å². The number of nitrogens with zero attached hydrogens (tertiary/aromatic N) is 2. The van der Waals surface area contributed by atoms with Crippen LogP contribution < -0.4 is 16.6 Å². The first-order valence-electron chi connectivity index (χ1n) is 7.16. The van der Waals surface area contributed by atoms with Crippen LogP contribution in [0.1, 0.15) is 55.8 Å². The van der Waals surface area contributed by atoms with Crippen LogP contribution in [0.5, 0.6) is 0 Å². The molecule has 0 bridgehead atoms. The molecule has 0 saturated carbocycles. The minimum absolute atomic E-state index is 0.0458. The first-order chi connectivity index (χ1) is 10.0. The molecule has 0 spiro atoms. The number of amides is 1. The number of carbonyl (C=O) groups is 1. The van der Waals surface area contributed by atoms with Crippen molar-refractivity contribution in [1.82, 2.24) is 15.3 Å². The molecule has 0 aliphatic rings. The van der Waals surface area contributed by atoms with E-state index in [2.05, 4.69) is 27.6 Å². The van der Waals surface area contributed by atoms with Crippen LogP contribution in [0.4, 0.5) is 5.69 Å². The molecule has 1 rings (SSSR count). The van der Waals surface area contributed by atoms with E-state index in [-0.39, 0.29) is 23.6 Å². The highest BCUT2D eigenvalue weighted by Gasteiger charge is 2.19. The highest BCUT2D eigenvalue weighted by Crippen LogP contribution is 2.15. The van der Waals surface area contributed by atoms with E-state index in [0.29, 0.717) is 18.1 Å². The van der Waals surface area contributed by atoms with Gasteiger partial charge in [0.15, 0.2) is 5.69 Å². The van der Waals surface area contributed by atoms with Gasteiger partial charge in [-0.15, -0.1) is 0 Å². The van der Waals surface area contributed by atoms with Crippen molar-refractivity contribution in [2.45, 2.75) is 45.6 Å². The molecule has 21 heavy (non-hydrogen) atoms. The van der Waals surface area contributed by atoms with Gasteiger partial charge in [0.25, 0.3) is 5.91 Å². The molecule has 118 valence electrons. The average Bonchev–Trinajstić information content (AvgIpc) is 2.46. The number of ether oxygens (including phenoxy) is 1. The zero-order valence-corrected chi connectivity index (χ0v) is 13.1. The van der Waals surface area contributed by atoms with Gasteiger partial charge < -0.3 is 15.5 Å². The molecule has 1 amide bonds. The van der Waals surface area contributed by atoms with Crippen LogP contribution in [0.2, 0.25) is 0 Å². The normalized spacial score (nSPS) is 12.3. The predicted octanol–water partition coefficient (Wildman–Crippen LogP) is 1.43. The Kier molecular flexibility index (Phi) is 7.04. The van der Waals surface area contributed by atoms with Gasteiger partial charge in [0.05, 0.1) is 24.5 Å². The first-order valence-corrected chi connectivity index (χ1v) is 7.16.